The minimum atomic E-state index is -0.733. The number of benzene rings is 3. The van der Waals surface area contributed by atoms with Gasteiger partial charge in [-0.2, -0.15) is 4.98 Å². The predicted molar refractivity (Wildman–Crippen MR) is 151 cm³/mol. The summed E-state index contributed by atoms with van der Waals surface area (Å²) in [6.07, 6.45) is 0. The number of aromatic nitrogens is 3. The van der Waals surface area contributed by atoms with Gasteiger partial charge in [0.1, 0.15) is 11.8 Å². The molecule has 0 saturated heterocycles. The first kappa shape index (κ1) is 26.4. The van der Waals surface area contributed by atoms with Crippen molar-refractivity contribution in [2.45, 2.75) is 13.0 Å². The summed E-state index contributed by atoms with van der Waals surface area (Å²) in [6.45, 7) is 1.80. The average Bonchev–Trinajstić information content (AvgIpc) is 3.37. The van der Waals surface area contributed by atoms with Gasteiger partial charge in [0, 0.05) is 16.8 Å². The highest BCUT2D eigenvalue weighted by Crippen LogP contribution is 2.42. The first-order valence-electron chi connectivity index (χ1n) is 11.9. The monoisotopic (exact) mass is 565 g/mol. The fourth-order valence-electron chi connectivity index (χ4n) is 4.50. The van der Waals surface area contributed by atoms with Gasteiger partial charge >= 0.3 is 0 Å². The van der Waals surface area contributed by atoms with E-state index in [0.29, 0.717) is 67.2 Å². The molecular formula is C28H25Cl2N5O4. The van der Waals surface area contributed by atoms with E-state index in [1.807, 2.05) is 24.3 Å². The lowest BCUT2D eigenvalue weighted by molar-refractivity contribution is -0.113. The summed E-state index contributed by atoms with van der Waals surface area (Å²) in [5.74, 6) is 2.14. The molecule has 39 heavy (non-hydrogen) atoms. The lowest BCUT2D eigenvalue weighted by atomic mass is 9.95. The van der Waals surface area contributed by atoms with E-state index >= 15 is 0 Å². The van der Waals surface area contributed by atoms with Crippen LogP contribution in [0.1, 0.15) is 18.5 Å². The topological polar surface area (TPSA) is 99.5 Å². The molecular weight excluding hydrogens is 541 g/mol. The lowest BCUT2D eigenvalue weighted by Gasteiger charge is -2.29. The summed E-state index contributed by atoms with van der Waals surface area (Å²) in [5.41, 5.74) is 2.80. The third kappa shape index (κ3) is 4.86. The van der Waals surface area contributed by atoms with Crippen LogP contribution in [0.5, 0.6) is 17.2 Å². The zero-order valence-electron chi connectivity index (χ0n) is 21.6. The van der Waals surface area contributed by atoms with Crippen molar-refractivity contribution < 1.29 is 19.0 Å². The van der Waals surface area contributed by atoms with Crippen molar-refractivity contribution in [3.05, 3.63) is 87.5 Å². The molecule has 1 aliphatic rings. The average molecular weight is 566 g/mol. The number of hydrogen-bond acceptors (Lipinski definition) is 7. The molecule has 9 nitrogen and oxygen atoms in total. The molecule has 1 aliphatic heterocycles. The number of ether oxygens (including phenoxy) is 3. The largest absolute Gasteiger partial charge is 0.495 e. The first-order chi connectivity index (χ1) is 18.9. The normalized spacial score (nSPS) is 14.4. The number of halogens is 2. The molecule has 0 bridgehead atoms. The van der Waals surface area contributed by atoms with Gasteiger partial charge in [-0.25, -0.2) is 4.68 Å². The maximum Gasteiger partial charge on any atom is 0.255 e. The van der Waals surface area contributed by atoms with Crippen LogP contribution in [0.3, 0.4) is 0 Å². The molecule has 1 amide bonds. The third-order valence-electron chi connectivity index (χ3n) is 6.37. The number of nitrogens with one attached hydrogen (secondary N) is 2. The molecule has 0 spiro atoms. The van der Waals surface area contributed by atoms with Gasteiger partial charge in [-0.15, -0.1) is 5.10 Å². The Balaban J connectivity index is 1.63. The molecule has 3 aromatic carbocycles. The van der Waals surface area contributed by atoms with Crippen LogP contribution >= 0.6 is 23.2 Å². The van der Waals surface area contributed by atoms with Gasteiger partial charge in [0.2, 0.25) is 5.95 Å². The van der Waals surface area contributed by atoms with Gasteiger partial charge < -0.3 is 24.8 Å². The number of carbonyl (C=O) groups is 1. The van der Waals surface area contributed by atoms with Gasteiger partial charge in [0.15, 0.2) is 17.3 Å². The molecule has 1 aromatic heterocycles. The van der Waals surface area contributed by atoms with Gasteiger partial charge in [0.25, 0.3) is 5.91 Å². The molecule has 0 fully saturated rings. The van der Waals surface area contributed by atoms with Crippen LogP contribution in [-0.4, -0.2) is 42.0 Å². The highest BCUT2D eigenvalue weighted by atomic mass is 35.5. The van der Waals surface area contributed by atoms with Crippen molar-refractivity contribution in [1.29, 1.82) is 0 Å². The molecule has 2 heterocycles. The lowest BCUT2D eigenvalue weighted by Crippen LogP contribution is -2.31. The number of hydrogen-bond donors (Lipinski definition) is 2. The highest BCUT2D eigenvalue weighted by molar-refractivity contribution is 6.42. The van der Waals surface area contributed by atoms with E-state index in [4.69, 9.17) is 47.5 Å². The fourth-order valence-corrected chi connectivity index (χ4v) is 4.91. The van der Waals surface area contributed by atoms with Gasteiger partial charge in [-0.1, -0.05) is 47.5 Å². The minimum Gasteiger partial charge on any atom is -0.495 e. The summed E-state index contributed by atoms with van der Waals surface area (Å²) >= 11 is 13.1. The second kappa shape index (κ2) is 10.9. The van der Waals surface area contributed by atoms with E-state index in [1.54, 1.807) is 69.3 Å². The SMILES string of the molecule is COc1ccccc1NC(=O)C1=C(C)Nc2nc(-c3ccc(OC)c(OC)c3)nn2C1c1cccc(Cl)c1Cl. The second-order valence-corrected chi connectivity index (χ2v) is 9.42. The van der Waals surface area contributed by atoms with Crippen LogP contribution in [-0.2, 0) is 4.79 Å². The Bertz CT molecular complexity index is 1600. The van der Waals surface area contributed by atoms with E-state index in [0.717, 1.165) is 0 Å². The molecule has 2 N–H and O–H groups in total. The van der Waals surface area contributed by atoms with Crippen LogP contribution in [0.2, 0.25) is 10.0 Å². The quantitative estimate of drug-likeness (QED) is 0.275. The number of rotatable bonds is 7. The Morgan fingerprint density at radius 1 is 0.949 bits per heavy atom. The Kier molecular flexibility index (Phi) is 7.36. The number of nitrogens with zero attached hydrogens (tertiary/aromatic N) is 3. The highest BCUT2D eigenvalue weighted by Gasteiger charge is 2.36. The van der Waals surface area contributed by atoms with E-state index in [2.05, 4.69) is 10.6 Å². The van der Waals surface area contributed by atoms with E-state index in [1.165, 1.54) is 0 Å². The maximum atomic E-state index is 13.8. The van der Waals surface area contributed by atoms with Crippen LogP contribution in [0, 0.1) is 0 Å². The number of allylic oxidation sites excluding steroid dienone is 1. The van der Waals surface area contributed by atoms with Crippen LogP contribution in [0.4, 0.5) is 11.6 Å². The molecule has 0 radical (unpaired) electrons. The van der Waals surface area contributed by atoms with Crippen molar-refractivity contribution in [1.82, 2.24) is 14.8 Å². The van der Waals surface area contributed by atoms with Crippen LogP contribution < -0.4 is 24.8 Å². The Morgan fingerprint density at radius 3 is 2.44 bits per heavy atom. The molecule has 0 aliphatic carbocycles. The Hall–Kier alpha value is -4.21. The molecule has 5 rings (SSSR count). The first-order valence-corrected chi connectivity index (χ1v) is 12.7. The Labute approximate surface area is 235 Å². The zero-order valence-corrected chi connectivity index (χ0v) is 23.1. The van der Waals surface area contributed by atoms with Gasteiger partial charge in [0.05, 0.1) is 42.6 Å². The summed E-state index contributed by atoms with van der Waals surface area (Å²) in [4.78, 5) is 18.6. The molecule has 11 heteroatoms. The number of methoxy groups -OCH3 is 3. The molecule has 1 atom stereocenters. The van der Waals surface area contributed by atoms with E-state index < -0.39 is 6.04 Å². The number of carbonyl (C=O) groups excluding carboxylic acids is 1. The zero-order chi connectivity index (χ0) is 27.7. The van der Waals surface area contributed by atoms with Crippen LogP contribution in [0.15, 0.2) is 71.9 Å². The number of fused-ring (bicyclic) bond motifs is 1. The smallest absolute Gasteiger partial charge is 0.255 e. The van der Waals surface area contributed by atoms with Crippen molar-refractivity contribution in [3.8, 4) is 28.6 Å². The van der Waals surface area contributed by atoms with Crippen molar-refractivity contribution in [3.63, 3.8) is 0 Å². The second-order valence-electron chi connectivity index (χ2n) is 8.64. The fraction of sp³-hybridized carbons (Fsp3) is 0.179. The maximum absolute atomic E-state index is 13.8. The number of amides is 1. The number of anilines is 2. The summed E-state index contributed by atoms with van der Waals surface area (Å²) in [7, 11) is 4.68. The third-order valence-corrected chi connectivity index (χ3v) is 7.20. The Morgan fingerprint density at radius 2 is 1.69 bits per heavy atom. The van der Waals surface area contributed by atoms with Crippen molar-refractivity contribution >= 4 is 40.7 Å². The van der Waals surface area contributed by atoms with E-state index in [-0.39, 0.29) is 5.91 Å². The summed E-state index contributed by atoms with van der Waals surface area (Å²) in [5, 5.41) is 11.7. The van der Waals surface area contributed by atoms with Gasteiger partial charge in [-0.3, -0.25) is 4.79 Å². The minimum absolute atomic E-state index is 0.315. The van der Waals surface area contributed by atoms with Gasteiger partial charge in [-0.05, 0) is 43.3 Å². The van der Waals surface area contributed by atoms with E-state index in [9.17, 15) is 4.79 Å². The predicted octanol–water partition coefficient (Wildman–Crippen LogP) is 6.21. The van der Waals surface area contributed by atoms with Crippen LogP contribution in [0.25, 0.3) is 11.4 Å². The molecule has 200 valence electrons. The molecule has 0 saturated carbocycles. The summed E-state index contributed by atoms with van der Waals surface area (Å²) < 4.78 is 17.9. The standard InChI is InChI=1S/C28H25Cl2N5O4/c1-15-23(27(36)32-19-10-5-6-11-20(19)37-2)25(17-8-7-9-18(29)24(17)30)35-28(31-15)33-26(34-35)16-12-13-21(38-3)22(14-16)39-4/h5-14,25H,1-4H3,(H,32,36)(H,31,33,34). The summed E-state index contributed by atoms with van der Waals surface area (Å²) in [6, 6.07) is 17.1. The number of para-hydroxylation sites is 2. The molecule has 1 unspecified atom stereocenters. The van der Waals surface area contributed by atoms with Crippen molar-refractivity contribution in [2.75, 3.05) is 32.0 Å². The molecule has 4 aromatic rings. The van der Waals surface area contributed by atoms with Crippen molar-refractivity contribution in [2.24, 2.45) is 0 Å².